The highest BCUT2D eigenvalue weighted by Crippen LogP contribution is 2.41. The molecule has 0 amide bonds. The third-order valence-corrected chi connectivity index (χ3v) is 10.8. The van der Waals surface area contributed by atoms with Gasteiger partial charge in [0.15, 0.2) is 0 Å². The Morgan fingerprint density at radius 3 is 2.18 bits per heavy atom. The molecule has 1 unspecified atom stereocenters. The molecule has 1 atom stereocenters. The van der Waals surface area contributed by atoms with Crippen LogP contribution in [0.4, 0.5) is 11.6 Å². The second-order valence-electron chi connectivity index (χ2n) is 13.4. The molecule has 6 heteroatoms. The molecule has 1 saturated carbocycles. The number of hydrogen-bond donors (Lipinski definition) is 0. The topological polar surface area (TPSA) is 35.8 Å². The first-order chi connectivity index (χ1) is 21.5. The summed E-state index contributed by atoms with van der Waals surface area (Å²) in [5, 5.41) is 2.26. The minimum absolute atomic E-state index is 0.253. The van der Waals surface area contributed by atoms with E-state index in [0.717, 1.165) is 61.8 Å². The third kappa shape index (κ3) is 7.76. The lowest BCUT2D eigenvalue weighted by Gasteiger charge is -2.36. The van der Waals surface area contributed by atoms with E-state index in [0.29, 0.717) is 0 Å². The van der Waals surface area contributed by atoms with Crippen LogP contribution in [0.25, 0.3) is 0 Å². The van der Waals surface area contributed by atoms with E-state index in [-0.39, 0.29) is 6.04 Å². The van der Waals surface area contributed by atoms with Gasteiger partial charge in [0.1, 0.15) is 5.69 Å². The van der Waals surface area contributed by atoms with Gasteiger partial charge in [-0.3, -0.25) is 4.90 Å². The van der Waals surface area contributed by atoms with Crippen molar-refractivity contribution in [2.45, 2.75) is 76.8 Å². The normalized spacial score (nSPS) is 20.0. The molecular weight excluding hydrogens is 561 g/mol. The molecule has 1 saturated heterocycles. The molecule has 2 aliphatic rings. The smallest absolute Gasteiger partial charge is 0.220 e. The van der Waals surface area contributed by atoms with Gasteiger partial charge in [0, 0.05) is 39.0 Å². The molecule has 0 N–H and O–H groups in total. The van der Waals surface area contributed by atoms with Crippen molar-refractivity contribution in [3.63, 3.8) is 0 Å². The number of hydrogen-bond acceptors (Lipinski definition) is 6. The van der Waals surface area contributed by atoms with Crippen molar-refractivity contribution < 1.29 is 4.42 Å². The summed E-state index contributed by atoms with van der Waals surface area (Å²) in [6, 6.07) is 24.0. The molecule has 2 aromatic carbocycles. The average Bonchev–Trinajstić information content (AvgIpc) is 3.69. The first-order valence-corrected chi connectivity index (χ1v) is 17.7. The Labute approximate surface area is 268 Å². The van der Waals surface area contributed by atoms with Crippen molar-refractivity contribution in [2.75, 3.05) is 44.0 Å². The highest BCUT2D eigenvalue weighted by Gasteiger charge is 2.33. The Hall–Kier alpha value is -3.09. The predicted octanol–water partition coefficient (Wildman–Crippen LogP) is 9.00. The molecule has 1 aliphatic carbocycles. The quantitative estimate of drug-likeness (QED) is 0.160. The number of nitrogens with zero attached hydrogens (tertiary/aromatic N) is 4. The molecule has 2 fully saturated rings. The van der Waals surface area contributed by atoms with Gasteiger partial charge in [-0.1, -0.05) is 79.9 Å². The summed E-state index contributed by atoms with van der Waals surface area (Å²) in [6.45, 7) is 3.10. The summed E-state index contributed by atoms with van der Waals surface area (Å²) < 4.78 is 6.87. The molecule has 4 aromatic rings. The Kier molecular flexibility index (Phi) is 10.4. The summed E-state index contributed by atoms with van der Waals surface area (Å²) in [5.41, 5.74) is 5.02. The van der Waals surface area contributed by atoms with Gasteiger partial charge in [-0.2, -0.15) is 0 Å². The van der Waals surface area contributed by atoms with E-state index in [4.69, 9.17) is 9.40 Å². The predicted molar refractivity (Wildman–Crippen MR) is 185 cm³/mol. The van der Waals surface area contributed by atoms with E-state index < -0.39 is 0 Å². The van der Waals surface area contributed by atoms with Gasteiger partial charge < -0.3 is 14.2 Å². The fraction of sp³-hybridized carbons (Fsp3) is 0.500. The van der Waals surface area contributed by atoms with Crippen molar-refractivity contribution in [3.8, 4) is 0 Å². The molecule has 0 bridgehead atoms. The standard InChI is InChI=1S/C38H50N4OS/c1-40(2)34-21-24-44-36(34)27-31-19-17-30(18-20-31)26-35(42-22-11-6-12-23-42)37-39-33(25-29-13-7-4-8-14-29)38(43-37)41(3)28-32-15-9-5-10-16-32/h4-5,7-10,13-16,21,24,30-31,35H,6,11-12,17-20,22-23,25-28H2,1-3H3. The van der Waals surface area contributed by atoms with Crippen LogP contribution in [0.5, 0.6) is 0 Å². The van der Waals surface area contributed by atoms with Crippen LogP contribution in [-0.2, 0) is 19.4 Å². The number of oxazole rings is 1. The molecule has 6 rings (SSSR count). The Morgan fingerprint density at radius 1 is 0.841 bits per heavy atom. The first-order valence-electron chi connectivity index (χ1n) is 16.8. The van der Waals surface area contributed by atoms with Gasteiger partial charge in [0.25, 0.3) is 0 Å². The molecule has 0 radical (unpaired) electrons. The van der Waals surface area contributed by atoms with Crippen LogP contribution in [0.3, 0.4) is 0 Å². The summed E-state index contributed by atoms with van der Waals surface area (Å²) in [4.78, 5) is 14.1. The third-order valence-electron chi connectivity index (χ3n) is 9.83. The van der Waals surface area contributed by atoms with E-state index in [9.17, 15) is 0 Å². The summed E-state index contributed by atoms with van der Waals surface area (Å²) in [6.07, 6.45) is 12.3. The zero-order valence-corrected chi connectivity index (χ0v) is 27.8. The van der Waals surface area contributed by atoms with Crippen LogP contribution in [0, 0.1) is 11.8 Å². The van der Waals surface area contributed by atoms with Crippen LogP contribution in [0.2, 0.25) is 0 Å². The molecule has 234 valence electrons. The Balaban J connectivity index is 1.21. The minimum Gasteiger partial charge on any atom is -0.423 e. The average molecular weight is 611 g/mol. The van der Waals surface area contributed by atoms with Gasteiger partial charge in [-0.05, 0) is 86.0 Å². The number of likely N-dealkylation sites (tertiary alicyclic amines) is 1. The van der Waals surface area contributed by atoms with Crippen LogP contribution < -0.4 is 9.80 Å². The maximum Gasteiger partial charge on any atom is 0.220 e. The van der Waals surface area contributed by atoms with Crippen LogP contribution in [-0.4, -0.2) is 44.1 Å². The fourth-order valence-electron chi connectivity index (χ4n) is 7.41. The maximum atomic E-state index is 6.87. The van der Waals surface area contributed by atoms with Crippen molar-refractivity contribution in [1.82, 2.24) is 9.88 Å². The summed E-state index contributed by atoms with van der Waals surface area (Å²) >= 11 is 1.93. The van der Waals surface area contributed by atoms with Crippen molar-refractivity contribution in [3.05, 3.63) is 99.7 Å². The fourth-order valence-corrected chi connectivity index (χ4v) is 8.47. The van der Waals surface area contributed by atoms with E-state index in [1.54, 1.807) is 4.88 Å². The second kappa shape index (κ2) is 14.8. The van der Waals surface area contributed by atoms with Crippen molar-refractivity contribution >= 4 is 22.9 Å². The van der Waals surface area contributed by atoms with E-state index >= 15 is 0 Å². The first kappa shape index (κ1) is 30.9. The molecule has 5 nitrogen and oxygen atoms in total. The summed E-state index contributed by atoms with van der Waals surface area (Å²) in [5.74, 6) is 3.38. The van der Waals surface area contributed by atoms with Crippen LogP contribution >= 0.6 is 11.3 Å². The highest BCUT2D eigenvalue weighted by molar-refractivity contribution is 7.10. The molecule has 2 aromatic heterocycles. The number of piperidine rings is 1. The van der Waals surface area contributed by atoms with Gasteiger partial charge in [0.05, 0.1) is 11.7 Å². The van der Waals surface area contributed by atoms with Gasteiger partial charge >= 0.3 is 0 Å². The zero-order chi connectivity index (χ0) is 30.3. The SMILES string of the molecule is CN(C)c1ccsc1CC1CCC(CC(c2nc(Cc3ccccc3)c(N(C)Cc3ccccc3)o2)N2CCCCC2)CC1. The number of rotatable bonds is 12. The lowest BCUT2D eigenvalue weighted by molar-refractivity contribution is 0.107. The molecule has 1 aliphatic heterocycles. The molecule has 44 heavy (non-hydrogen) atoms. The molecule has 3 heterocycles. The minimum atomic E-state index is 0.253. The number of benzene rings is 2. The summed E-state index contributed by atoms with van der Waals surface area (Å²) in [7, 11) is 6.49. The Bertz CT molecular complexity index is 1420. The van der Waals surface area contributed by atoms with E-state index in [1.807, 2.05) is 11.3 Å². The monoisotopic (exact) mass is 610 g/mol. The number of anilines is 2. The maximum absolute atomic E-state index is 6.87. The molecule has 0 spiro atoms. The Morgan fingerprint density at radius 2 is 1.50 bits per heavy atom. The van der Waals surface area contributed by atoms with E-state index in [1.165, 1.54) is 68.2 Å². The van der Waals surface area contributed by atoms with Crippen LogP contribution in [0.15, 0.2) is 76.5 Å². The number of thiophene rings is 1. The lowest BCUT2D eigenvalue weighted by Crippen LogP contribution is -2.35. The van der Waals surface area contributed by atoms with Crippen molar-refractivity contribution in [1.29, 1.82) is 0 Å². The largest absolute Gasteiger partial charge is 0.423 e. The van der Waals surface area contributed by atoms with Crippen molar-refractivity contribution in [2.24, 2.45) is 11.8 Å². The van der Waals surface area contributed by atoms with Gasteiger partial charge in [-0.15, -0.1) is 11.3 Å². The lowest BCUT2D eigenvalue weighted by atomic mass is 9.77. The number of aromatic nitrogens is 1. The van der Waals surface area contributed by atoms with E-state index in [2.05, 4.69) is 108 Å². The van der Waals surface area contributed by atoms with Gasteiger partial charge in [-0.25, -0.2) is 4.98 Å². The van der Waals surface area contributed by atoms with Crippen LogP contribution in [0.1, 0.15) is 85.0 Å². The zero-order valence-electron chi connectivity index (χ0n) is 27.0. The van der Waals surface area contributed by atoms with Gasteiger partial charge in [0.2, 0.25) is 11.8 Å². The highest BCUT2D eigenvalue weighted by atomic mass is 32.1. The molecular formula is C38H50N4OS. The second-order valence-corrected chi connectivity index (χ2v) is 14.4.